The van der Waals surface area contributed by atoms with Crippen LogP contribution in [0, 0.1) is 0 Å². The smallest absolute Gasteiger partial charge is 0.313 e. The number of carboxylic acids is 1. The minimum absolute atomic E-state index is 0.0833. The summed E-state index contributed by atoms with van der Waals surface area (Å²) in [5.41, 5.74) is 0. The van der Waals surface area contributed by atoms with E-state index in [1.165, 1.54) is 0 Å². The standard InChI is InChI=1S/C2H4O2S.CH4O/c3-2(4)1-5;1-2/h5H,1H2,(H,3,4);2H,1H3. The van der Waals surface area contributed by atoms with Crippen molar-refractivity contribution in [1.82, 2.24) is 0 Å². The van der Waals surface area contributed by atoms with Gasteiger partial charge in [0.2, 0.25) is 0 Å². The van der Waals surface area contributed by atoms with Gasteiger partial charge in [0.1, 0.15) is 0 Å². The molecule has 0 bridgehead atoms. The zero-order chi connectivity index (χ0) is 6.28. The quantitative estimate of drug-likeness (QED) is 0.417. The molecule has 0 atom stereocenters. The summed E-state index contributed by atoms with van der Waals surface area (Å²) >= 11 is 3.42. The van der Waals surface area contributed by atoms with Crippen LogP contribution >= 0.6 is 12.6 Å². The summed E-state index contributed by atoms with van der Waals surface area (Å²) in [6.07, 6.45) is 0. The van der Waals surface area contributed by atoms with Gasteiger partial charge in [-0.2, -0.15) is 12.6 Å². The molecular weight excluding hydrogens is 116 g/mol. The fourth-order valence-electron chi connectivity index (χ4n) is 0. The van der Waals surface area contributed by atoms with Gasteiger partial charge in [0.25, 0.3) is 0 Å². The van der Waals surface area contributed by atoms with Crippen molar-refractivity contribution in [1.29, 1.82) is 0 Å². The van der Waals surface area contributed by atoms with Gasteiger partial charge in [-0.25, -0.2) is 0 Å². The second-order valence-corrected chi connectivity index (χ2v) is 0.868. The molecule has 0 radical (unpaired) electrons. The minimum Gasteiger partial charge on any atom is -0.481 e. The molecule has 0 aliphatic heterocycles. The Morgan fingerprint density at radius 3 is 1.86 bits per heavy atom. The average Bonchev–Trinajstić information content (AvgIpc) is 1.73. The van der Waals surface area contributed by atoms with Crippen LogP contribution in [0.25, 0.3) is 0 Å². The number of aliphatic carboxylic acids is 1. The molecule has 7 heavy (non-hydrogen) atoms. The Hall–Kier alpha value is -0.220. The van der Waals surface area contributed by atoms with Crippen molar-refractivity contribution in [3.63, 3.8) is 0 Å². The van der Waals surface area contributed by atoms with Crippen molar-refractivity contribution < 1.29 is 15.0 Å². The lowest BCUT2D eigenvalue weighted by Gasteiger charge is -1.71. The zero-order valence-electron chi connectivity index (χ0n) is 3.96. The van der Waals surface area contributed by atoms with E-state index in [4.69, 9.17) is 10.2 Å². The molecule has 0 unspecified atom stereocenters. The summed E-state index contributed by atoms with van der Waals surface area (Å²) in [4.78, 5) is 9.29. The van der Waals surface area contributed by atoms with Crippen LogP contribution in [0.5, 0.6) is 0 Å². The number of carbonyl (C=O) groups is 1. The van der Waals surface area contributed by atoms with Gasteiger partial charge in [-0.15, -0.1) is 0 Å². The highest BCUT2D eigenvalue weighted by molar-refractivity contribution is 7.81. The summed E-state index contributed by atoms with van der Waals surface area (Å²) in [5.74, 6) is -0.965. The van der Waals surface area contributed by atoms with E-state index in [-0.39, 0.29) is 5.75 Å². The third kappa shape index (κ3) is 26.1. The molecule has 0 aromatic heterocycles. The first-order valence-electron chi connectivity index (χ1n) is 1.54. The molecule has 0 aromatic rings. The van der Waals surface area contributed by atoms with Crippen molar-refractivity contribution in [2.45, 2.75) is 0 Å². The topological polar surface area (TPSA) is 57.5 Å². The molecule has 0 amide bonds. The van der Waals surface area contributed by atoms with Crippen molar-refractivity contribution in [2.24, 2.45) is 0 Å². The molecule has 0 fully saturated rings. The van der Waals surface area contributed by atoms with E-state index in [1.54, 1.807) is 0 Å². The third-order valence-corrected chi connectivity index (χ3v) is 0.406. The minimum atomic E-state index is -0.881. The maximum absolute atomic E-state index is 9.29. The number of rotatable bonds is 1. The van der Waals surface area contributed by atoms with Crippen LogP contribution in [0.2, 0.25) is 0 Å². The normalized spacial score (nSPS) is 6.14. The van der Waals surface area contributed by atoms with Gasteiger partial charge in [0, 0.05) is 7.11 Å². The fourth-order valence-corrected chi connectivity index (χ4v) is 0. The van der Waals surface area contributed by atoms with Crippen LogP contribution in [0.3, 0.4) is 0 Å². The van der Waals surface area contributed by atoms with E-state index in [2.05, 4.69) is 12.6 Å². The Morgan fingerprint density at radius 1 is 1.71 bits per heavy atom. The SMILES string of the molecule is CO.O=C(O)CS. The van der Waals surface area contributed by atoms with E-state index >= 15 is 0 Å². The van der Waals surface area contributed by atoms with Gasteiger partial charge in [-0.1, -0.05) is 0 Å². The maximum atomic E-state index is 9.29. The Kier molecular flexibility index (Phi) is 13.1. The van der Waals surface area contributed by atoms with Crippen molar-refractivity contribution in [3.05, 3.63) is 0 Å². The van der Waals surface area contributed by atoms with E-state index in [9.17, 15) is 4.79 Å². The molecule has 0 saturated heterocycles. The summed E-state index contributed by atoms with van der Waals surface area (Å²) in [5, 5.41) is 14.6. The molecule has 0 aromatic carbocycles. The summed E-state index contributed by atoms with van der Waals surface area (Å²) in [6.45, 7) is 0. The zero-order valence-corrected chi connectivity index (χ0v) is 4.85. The van der Waals surface area contributed by atoms with Crippen LogP contribution in [-0.2, 0) is 4.79 Å². The van der Waals surface area contributed by atoms with Gasteiger partial charge >= 0.3 is 5.97 Å². The summed E-state index contributed by atoms with van der Waals surface area (Å²) in [6, 6.07) is 0. The fraction of sp³-hybridized carbons (Fsp3) is 0.667. The molecule has 0 heterocycles. The molecule has 0 aliphatic carbocycles. The Morgan fingerprint density at radius 2 is 1.86 bits per heavy atom. The second-order valence-electron chi connectivity index (χ2n) is 0.552. The number of hydrogen-bond acceptors (Lipinski definition) is 3. The lowest BCUT2D eigenvalue weighted by Crippen LogP contribution is -1.92. The van der Waals surface area contributed by atoms with Gasteiger partial charge in [0.15, 0.2) is 0 Å². The lowest BCUT2D eigenvalue weighted by molar-refractivity contribution is -0.133. The predicted octanol–water partition coefficient (Wildman–Crippen LogP) is -0.391. The molecule has 4 heteroatoms. The largest absolute Gasteiger partial charge is 0.481 e. The lowest BCUT2D eigenvalue weighted by atomic mass is 10.8. The van der Waals surface area contributed by atoms with E-state index in [0.717, 1.165) is 7.11 Å². The average molecular weight is 124 g/mol. The molecule has 2 N–H and O–H groups in total. The highest BCUT2D eigenvalue weighted by atomic mass is 32.1. The van der Waals surface area contributed by atoms with Crippen LogP contribution in [0.4, 0.5) is 0 Å². The van der Waals surface area contributed by atoms with E-state index < -0.39 is 5.97 Å². The van der Waals surface area contributed by atoms with Crippen LogP contribution in [-0.4, -0.2) is 29.0 Å². The first-order chi connectivity index (χ1) is 3.27. The van der Waals surface area contributed by atoms with Crippen LogP contribution in [0.15, 0.2) is 0 Å². The second kappa shape index (κ2) is 9.24. The highest BCUT2D eigenvalue weighted by Crippen LogP contribution is 1.66. The monoisotopic (exact) mass is 124 g/mol. The number of aliphatic hydroxyl groups excluding tert-OH is 1. The molecule has 0 rings (SSSR count). The van der Waals surface area contributed by atoms with Crippen LogP contribution in [0.1, 0.15) is 0 Å². The molecule has 0 spiro atoms. The number of carboxylic acid groups (broad SMARTS) is 1. The van der Waals surface area contributed by atoms with Crippen molar-refractivity contribution >= 4 is 18.6 Å². The van der Waals surface area contributed by atoms with E-state index in [1.807, 2.05) is 0 Å². The first-order valence-corrected chi connectivity index (χ1v) is 2.18. The molecule has 0 aliphatic rings. The molecular formula is C3H8O3S. The third-order valence-electron chi connectivity index (χ3n) is 0.135. The predicted molar refractivity (Wildman–Crippen MR) is 29.6 cm³/mol. The van der Waals surface area contributed by atoms with Gasteiger partial charge in [0.05, 0.1) is 5.75 Å². The highest BCUT2D eigenvalue weighted by Gasteiger charge is 1.81. The number of thiol groups is 1. The Balaban J connectivity index is 0. The Labute approximate surface area is 47.4 Å². The van der Waals surface area contributed by atoms with Crippen LogP contribution < -0.4 is 0 Å². The van der Waals surface area contributed by atoms with E-state index in [0.29, 0.717) is 0 Å². The van der Waals surface area contributed by atoms with Crippen molar-refractivity contribution in [3.8, 4) is 0 Å². The van der Waals surface area contributed by atoms with Gasteiger partial charge in [-0.3, -0.25) is 4.79 Å². The molecule has 3 nitrogen and oxygen atoms in total. The number of aliphatic hydroxyl groups is 1. The summed E-state index contributed by atoms with van der Waals surface area (Å²) < 4.78 is 0. The van der Waals surface area contributed by atoms with Gasteiger partial charge in [-0.05, 0) is 0 Å². The van der Waals surface area contributed by atoms with Gasteiger partial charge < -0.3 is 10.2 Å². The summed E-state index contributed by atoms with van der Waals surface area (Å²) in [7, 11) is 1.00. The first kappa shape index (κ1) is 9.91. The molecule has 0 saturated carbocycles. The van der Waals surface area contributed by atoms with Crippen molar-refractivity contribution in [2.75, 3.05) is 12.9 Å². The molecule has 44 valence electrons. The maximum Gasteiger partial charge on any atom is 0.313 e. The number of hydrogen-bond donors (Lipinski definition) is 3. The Bertz CT molecular complexity index is 45.4.